The fourth-order valence-electron chi connectivity index (χ4n) is 2.85. The molecule has 0 amide bonds. The van der Waals surface area contributed by atoms with Crippen LogP contribution in [0.4, 0.5) is 0 Å². The second-order valence-electron chi connectivity index (χ2n) is 4.87. The summed E-state index contributed by atoms with van der Waals surface area (Å²) in [6.45, 7) is 2.64. The molecular formula is C14H22O3. The molecule has 0 saturated heterocycles. The van der Waals surface area contributed by atoms with Gasteiger partial charge in [0.1, 0.15) is 6.10 Å². The van der Waals surface area contributed by atoms with Gasteiger partial charge in [0.05, 0.1) is 18.1 Å². The Kier molecular flexibility index (Phi) is 4.24. The van der Waals surface area contributed by atoms with Crippen LogP contribution in [0.2, 0.25) is 0 Å². The summed E-state index contributed by atoms with van der Waals surface area (Å²) in [5.74, 6) is 0. The molecular weight excluding hydrogens is 216 g/mol. The lowest BCUT2D eigenvalue weighted by molar-refractivity contribution is -0.131. The van der Waals surface area contributed by atoms with Crippen LogP contribution >= 0.6 is 0 Å². The third-order valence-corrected chi connectivity index (χ3v) is 3.74. The number of hydrogen-bond donors (Lipinski definition) is 1. The van der Waals surface area contributed by atoms with Crippen LogP contribution in [0.5, 0.6) is 0 Å². The minimum atomic E-state index is -0.570. The molecule has 17 heavy (non-hydrogen) atoms. The monoisotopic (exact) mass is 238 g/mol. The highest BCUT2D eigenvalue weighted by Crippen LogP contribution is 2.40. The van der Waals surface area contributed by atoms with E-state index >= 15 is 0 Å². The minimum Gasteiger partial charge on any atom is -0.472 e. The van der Waals surface area contributed by atoms with E-state index in [9.17, 15) is 5.11 Å². The van der Waals surface area contributed by atoms with E-state index in [1.165, 1.54) is 12.8 Å². The van der Waals surface area contributed by atoms with Crippen LogP contribution in [0, 0.1) is 0 Å². The van der Waals surface area contributed by atoms with E-state index in [1.54, 1.807) is 12.5 Å². The third kappa shape index (κ3) is 2.72. The summed E-state index contributed by atoms with van der Waals surface area (Å²) in [5, 5.41) is 10.6. The summed E-state index contributed by atoms with van der Waals surface area (Å²) in [6.07, 6.45) is 9.29. The van der Waals surface area contributed by atoms with Crippen molar-refractivity contribution in [3.8, 4) is 0 Å². The topological polar surface area (TPSA) is 42.6 Å². The first kappa shape index (κ1) is 12.7. The Balaban J connectivity index is 2.19. The van der Waals surface area contributed by atoms with Gasteiger partial charge in [-0.25, -0.2) is 0 Å². The van der Waals surface area contributed by atoms with E-state index in [4.69, 9.17) is 9.15 Å². The Hall–Kier alpha value is -0.800. The molecule has 0 spiro atoms. The molecule has 1 aliphatic rings. The molecule has 0 bridgehead atoms. The van der Waals surface area contributed by atoms with Crippen LogP contribution < -0.4 is 0 Å². The van der Waals surface area contributed by atoms with Gasteiger partial charge in [-0.1, -0.05) is 25.7 Å². The van der Waals surface area contributed by atoms with Gasteiger partial charge in [0.15, 0.2) is 0 Å². The number of aliphatic hydroxyl groups is 1. The van der Waals surface area contributed by atoms with Gasteiger partial charge in [-0.2, -0.15) is 0 Å². The Labute approximate surface area is 103 Å². The van der Waals surface area contributed by atoms with E-state index in [2.05, 4.69) is 0 Å². The van der Waals surface area contributed by atoms with Crippen molar-refractivity contribution < 1.29 is 14.3 Å². The molecule has 1 aromatic heterocycles. The fraction of sp³-hybridized carbons (Fsp3) is 0.714. The molecule has 2 rings (SSSR count). The zero-order valence-corrected chi connectivity index (χ0v) is 10.5. The summed E-state index contributed by atoms with van der Waals surface area (Å²) < 4.78 is 11.0. The van der Waals surface area contributed by atoms with Crippen molar-refractivity contribution in [2.24, 2.45) is 0 Å². The van der Waals surface area contributed by atoms with Gasteiger partial charge in [0.25, 0.3) is 0 Å². The van der Waals surface area contributed by atoms with Gasteiger partial charge >= 0.3 is 0 Å². The van der Waals surface area contributed by atoms with E-state index in [0.717, 1.165) is 31.2 Å². The Morgan fingerprint density at radius 2 is 2.06 bits per heavy atom. The summed E-state index contributed by atoms with van der Waals surface area (Å²) in [5.41, 5.74) is 0.426. The SMILES string of the molecule is CCOC1(C(O)c2ccoc2)CCCCCC1. The molecule has 1 aliphatic carbocycles. The number of hydrogen-bond acceptors (Lipinski definition) is 3. The Morgan fingerprint density at radius 1 is 1.35 bits per heavy atom. The maximum Gasteiger partial charge on any atom is 0.111 e. The third-order valence-electron chi connectivity index (χ3n) is 3.74. The number of ether oxygens (including phenoxy) is 1. The van der Waals surface area contributed by atoms with Gasteiger partial charge in [-0.05, 0) is 25.8 Å². The Morgan fingerprint density at radius 3 is 2.59 bits per heavy atom. The molecule has 0 aliphatic heterocycles. The standard InChI is InChI=1S/C14H22O3/c1-2-17-14(8-5-3-4-6-9-14)13(15)12-7-10-16-11-12/h7,10-11,13,15H,2-6,8-9H2,1H3. The molecule has 1 aromatic rings. The first-order valence-electron chi connectivity index (χ1n) is 6.62. The predicted octanol–water partition coefficient (Wildman–Crippen LogP) is 3.44. The van der Waals surface area contributed by atoms with Crippen molar-refractivity contribution in [3.05, 3.63) is 24.2 Å². The second-order valence-corrected chi connectivity index (χ2v) is 4.87. The molecule has 0 radical (unpaired) electrons. The predicted molar refractivity (Wildman–Crippen MR) is 65.7 cm³/mol. The maximum absolute atomic E-state index is 10.6. The number of aliphatic hydroxyl groups excluding tert-OH is 1. The highest BCUT2D eigenvalue weighted by molar-refractivity contribution is 5.14. The van der Waals surface area contributed by atoms with Crippen LogP contribution in [0.1, 0.15) is 57.1 Å². The molecule has 1 N–H and O–H groups in total. The summed E-state index contributed by atoms with van der Waals surface area (Å²) in [6, 6.07) is 1.83. The molecule has 1 unspecified atom stereocenters. The Bertz CT molecular complexity index is 310. The van der Waals surface area contributed by atoms with Crippen molar-refractivity contribution in [3.63, 3.8) is 0 Å². The zero-order valence-electron chi connectivity index (χ0n) is 10.5. The maximum atomic E-state index is 10.6. The lowest BCUT2D eigenvalue weighted by atomic mass is 9.85. The van der Waals surface area contributed by atoms with Crippen molar-refractivity contribution in [2.75, 3.05) is 6.61 Å². The average molecular weight is 238 g/mol. The first-order chi connectivity index (χ1) is 8.28. The van der Waals surface area contributed by atoms with Gasteiger partial charge in [-0.15, -0.1) is 0 Å². The van der Waals surface area contributed by atoms with Crippen molar-refractivity contribution in [1.82, 2.24) is 0 Å². The normalized spacial score (nSPS) is 22.0. The van der Waals surface area contributed by atoms with Gasteiger partial charge in [0.2, 0.25) is 0 Å². The number of furan rings is 1. The molecule has 96 valence electrons. The lowest BCUT2D eigenvalue weighted by Crippen LogP contribution is -2.39. The fourth-order valence-corrected chi connectivity index (χ4v) is 2.85. The largest absolute Gasteiger partial charge is 0.472 e. The van der Waals surface area contributed by atoms with Gasteiger partial charge in [0, 0.05) is 12.2 Å². The van der Waals surface area contributed by atoms with Crippen LogP contribution in [0.25, 0.3) is 0 Å². The molecule has 3 heteroatoms. The van der Waals surface area contributed by atoms with Crippen LogP contribution in [-0.2, 0) is 4.74 Å². The quantitative estimate of drug-likeness (QED) is 0.817. The van der Waals surface area contributed by atoms with E-state index < -0.39 is 11.7 Å². The van der Waals surface area contributed by atoms with E-state index in [-0.39, 0.29) is 0 Å². The van der Waals surface area contributed by atoms with Crippen LogP contribution in [0.15, 0.2) is 23.0 Å². The molecule has 0 aromatic carbocycles. The molecule has 1 saturated carbocycles. The summed E-state index contributed by atoms with van der Waals surface area (Å²) >= 11 is 0. The van der Waals surface area contributed by atoms with Crippen LogP contribution in [-0.4, -0.2) is 17.3 Å². The molecule has 1 atom stereocenters. The second kappa shape index (κ2) is 5.69. The van der Waals surface area contributed by atoms with Gasteiger partial charge in [-0.3, -0.25) is 0 Å². The average Bonchev–Trinajstić information content (AvgIpc) is 2.76. The van der Waals surface area contributed by atoms with Crippen molar-refractivity contribution in [1.29, 1.82) is 0 Å². The van der Waals surface area contributed by atoms with Gasteiger partial charge < -0.3 is 14.3 Å². The number of rotatable bonds is 4. The highest BCUT2D eigenvalue weighted by Gasteiger charge is 2.40. The minimum absolute atomic E-state index is 0.408. The summed E-state index contributed by atoms with van der Waals surface area (Å²) in [4.78, 5) is 0. The van der Waals surface area contributed by atoms with E-state index in [0.29, 0.717) is 6.61 Å². The van der Waals surface area contributed by atoms with Crippen molar-refractivity contribution >= 4 is 0 Å². The summed E-state index contributed by atoms with van der Waals surface area (Å²) in [7, 11) is 0. The highest BCUT2D eigenvalue weighted by atomic mass is 16.5. The molecule has 1 heterocycles. The molecule has 3 nitrogen and oxygen atoms in total. The smallest absolute Gasteiger partial charge is 0.111 e. The molecule has 1 fully saturated rings. The first-order valence-corrected chi connectivity index (χ1v) is 6.62. The van der Waals surface area contributed by atoms with Crippen molar-refractivity contribution in [2.45, 2.75) is 57.2 Å². The van der Waals surface area contributed by atoms with Crippen LogP contribution in [0.3, 0.4) is 0 Å². The zero-order chi connectivity index (χ0) is 12.1. The van der Waals surface area contributed by atoms with E-state index in [1.807, 2.05) is 13.0 Å². The lowest BCUT2D eigenvalue weighted by Gasteiger charge is -2.36.